The van der Waals surface area contributed by atoms with Crippen molar-refractivity contribution in [2.45, 2.75) is 52.4 Å². The Morgan fingerprint density at radius 1 is 1.27 bits per heavy atom. The summed E-state index contributed by atoms with van der Waals surface area (Å²) in [4.78, 5) is 12.1. The zero-order chi connectivity index (χ0) is 10.6. The van der Waals surface area contributed by atoms with Crippen LogP contribution in [-0.4, -0.2) is 5.78 Å². The highest BCUT2D eigenvalue weighted by Crippen LogP contribution is 2.55. The second-order valence-electron chi connectivity index (χ2n) is 6.85. The molecule has 0 heterocycles. The highest BCUT2D eigenvalue weighted by atomic mass is 16.1. The van der Waals surface area contributed by atoms with E-state index in [9.17, 15) is 4.79 Å². The standard InChI is InChI=1S/C14H22O/c1-14(2)8-12(14)13(15)7-11-6-9-3-4-10(11)5-9/h9-12H,3-8H2,1-2H3. The molecule has 84 valence electrons. The Labute approximate surface area is 92.6 Å². The Bertz CT molecular complexity index is 292. The molecule has 3 rings (SSSR count). The van der Waals surface area contributed by atoms with E-state index in [4.69, 9.17) is 0 Å². The van der Waals surface area contributed by atoms with Gasteiger partial charge in [-0.15, -0.1) is 0 Å². The maximum atomic E-state index is 12.1. The van der Waals surface area contributed by atoms with E-state index in [1.165, 1.54) is 25.7 Å². The fourth-order valence-electron chi connectivity index (χ4n) is 4.04. The van der Waals surface area contributed by atoms with Crippen molar-refractivity contribution in [1.29, 1.82) is 0 Å². The SMILES string of the molecule is CC1(C)CC1C(=O)CC1CC2CCC1C2. The number of Topliss-reactive ketones (excluding diaryl/α,β-unsaturated/α-hetero) is 1. The molecule has 1 heteroatoms. The van der Waals surface area contributed by atoms with Gasteiger partial charge in [0.25, 0.3) is 0 Å². The monoisotopic (exact) mass is 206 g/mol. The van der Waals surface area contributed by atoms with E-state index < -0.39 is 0 Å². The zero-order valence-corrected chi connectivity index (χ0v) is 9.96. The Hall–Kier alpha value is -0.330. The Morgan fingerprint density at radius 3 is 2.47 bits per heavy atom. The lowest BCUT2D eigenvalue weighted by Crippen LogP contribution is -2.17. The van der Waals surface area contributed by atoms with Crippen LogP contribution in [-0.2, 0) is 4.79 Å². The van der Waals surface area contributed by atoms with Crippen LogP contribution in [0.25, 0.3) is 0 Å². The molecule has 0 saturated heterocycles. The van der Waals surface area contributed by atoms with Crippen molar-refractivity contribution >= 4 is 5.78 Å². The third-order valence-corrected chi connectivity index (χ3v) is 5.25. The van der Waals surface area contributed by atoms with E-state index in [-0.39, 0.29) is 0 Å². The second kappa shape index (κ2) is 3.09. The van der Waals surface area contributed by atoms with Gasteiger partial charge in [-0.05, 0) is 48.9 Å². The number of rotatable bonds is 3. The Balaban J connectivity index is 1.56. The van der Waals surface area contributed by atoms with Gasteiger partial charge in [-0.2, -0.15) is 0 Å². The molecule has 0 aliphatic heterocycles. The predicted octanol–water partition coefficient (Wildman–Crippen LogP) is 3.43. The van der Waals surface area contributed by atoms with E-state index in [1.54, 1.807) is 0 Å². The molecule has 0 radical (unpaired) electrons. The van der Waals surface area contributed by atoms with Crippen molar-refractivity contribution < 1.29 is 4.79 Å². The molecule has 0 aromatic carbocycles. The van der Waals surface area contributed by atoms with E-state index >= 15 is 0 Å². The van der Waals surface area contributed by atoms with E-state index in [2.05, 4.69) is 13.8 Å². The van der Waals surface area contributed by atoms with Crippen LogP contribution >= 0.6 is 0 Å². The molecule has 1 nitrogen and oxygen atoms in total. The molecule has 3 aliphatic carbocycles. The predicted molar refractivity (Wildman–Crippen MR) is 60.5 cm³/mol. The maximum absolute atomic E-state index is 12.1. The number of carbonyl (C=O) groups excluding carboxylic acids is 1. The first kappa shape index (κ1) is 9.86. The summed E-state index contributed by atoms with van der Waals surface area (Å²) in [5.41, 5.74) is 0.342. The van der Waals surface area contributed by atoms with E-state index in [0.29, 0.717) is 17.1 Å². The van der Waals surface area contributed by atoms with Crippen LogP contribution in [0.3, 0.4) is 0 Å². The van der Waals surface area contributed by atoms with E-state index in [0.717, 1.165) is 30.6 Å². The van der Waals surface area contributed by atoms with Crippen LogP contribution in [0.1, 0.15) is 52.4 Å². The first-order valence-electron chi connectivity index (χ1n) is 6.59. The molecule has 2 bridgehead atoms. The minimum atomic E-state index is 0.342. The molecule has 0 spiro atoms. The molecule has 0 aromatic rings. The maximum Gasteiger partial charge on any atom is 0.136 e. The molecule has 4 unspecified atom stereocenters. The highest BCUT2D eigenvalue weighted by molar-refractivity contribution is 5.84. The van der Waals surface area contributed by atoms with Crippen LogP contribution in [0.4, 0.5) is 0 Å². The highest BCUT2D eigenvalue weighted by Gasteiger charge is 2.51. The Morgan fingerprint density at radius 2 is 2.00 bits per heavy atom. The van der Waals surface area contributed by atoms with Gasteiger partial charge in [0.15, 0.2) is 0 Å². The lowest BCUT2D eigenvalue weighted by molar-refractivity contribution is -0.122. The topological polar surface area (TPSA) is 17.1 Å². The van der Waals surface area contributed by atoms with Gasteiger partial charge in [0.1, 0.15) is 5.78 Å². The molecular weight excluding hydrogens is 184 g/mol. The van der Waals surface area contributed by atoms with Crippen molar-refractivity contribution in [1.82, 2.24) is 0 Å². The molecule has 3 saturated carbocycles. The largest absolute Gasteiger partial charge is 0.299 e. The zero-order valence-electron chi connectivity index (χ0n) is 9.96. The van der Waals surface area contributed by atoms with Gasteiger partial charge in [-0.1, -0.05) is 20.3 Å². The van der Waals surface area contributed by atoms with Gasteiger partial charge in [0.2, 0.25) is 0 Å². The minimum Gasteiger partial charge on any atom is -0.299 e. The van der Waals surface area contributed by atoms with Crippen molar-refractivity contribution in [3.8, 4) is 0 Å². The van der Waals surface area contributed by atoms with Crippen molar-refractivity contribution in [3.63, 3.8) is 0 Å². The fraction of sp³-hybridized carbons (Fsp3) is 0.929. The number of carbonyl (C=O) groups is 1. The average Bonchev–Trinajstić information content (AvgIpc) is 2.58. The third-order valence-electron chi connectivity index (χ3n) is 5.25. The molecule has 4 atom stereocenters. The second-order valence-corrected chi connectivity index (χ2v) is 6.85. The van der Waals surface area contributed by atoms with Crippen LogP contribution in [0.15, 0.2) is 0 Å². The fourth-order valence-corrected chi connectivity index (χ4v) is 4.04. The summed E-state index contributed by atoms with van der Waals surface area (Å²) >= 11 is 0. The van der Waals surface area contributed by atoms with Gasteiger partial charge in [-0.25, -0.2) is 0 Å². The van der Waals surface area contributed by atoms with Crippen molar-refractivity contribution in [3.05, 3.63) is 0 Å². The molecule has 3 fully saturated rings. The van der Waals surface area contributed by atoms with Gasteiger partial charge < -0.3 is 0 Å². The number of hydrogen-bond acceptors (Lipinski definition) is 1. The Kier molecular flexibility index (Phi) is 2.03. The lowest BCUT2D eigenvalue weighted by atomic mass is 9.84. The summed E-state index contributed by atoms with van der Waals surface area (Å²) in [6.45, 7) is 4.47. The first-order valence-corrected chi connectivity index (χ1v) is 6.59. The molecular formula is C14H22O. The molecule has 0 aromatic heterocycles. The molecule has 3 aliphatic rings. The van der Waals surface area contributed by atoms with Crippen LogP contribution in [0, 0.1) is 29.1 Å². The summed E-state index contributed by atoms with van der Waals surface area (Å²) in [6.07, 6.45) is 7.72. The summed E-state index contributed by atoms with van der Waals surface area (Å²) in [5.74, 6) is 3.67. The summed E-state index contributed by atoms with van der Waals surface area (Å²) < 4.78 is 0. The number of ketones is 1. The molecule has 15 heavy (non-hydrogen) atoms. The summed E-state index contributed by atoms with van der Waals surface area (Å²) in [5, 5.41) is 0. The van der Waals surface area contributed by atoms with Gasteiger partial charge in [0, 0.05) is 12.3 Å². The van der Waals surface area contributed by atoms with Gasteiger partial charge >= 0.3 is 0 Å². The number of hydrogen-bond donors (Lipinski definition) is 0. The van der Waals surface area contributed by atoms with Crippen molar-refractivity contribution in [2.75, 3.05) is 0 Å². The third kappa shape index (κ3) is 1.64. The van der Waals surface area contributed by atoms with E-state index in [1.807, 2.05) is 0 Å². The quantitative estimate of drug-likeness (QED) is 0.691. The summed E-state index contributed by atoms with van der Waals surface area (Å²) in [6, 6.07) is 0. The lowest BCUT2D eigenvalue weighted by Gasteiger charge is -2.20. The molecule has 0 amide bonds. The number of fused-ring (bicyclic) bond motifs is 2. The van der Waals surface area contributed by atoms with Crippen molar-refractivity contribution in [2.24, 2.45) is 29.1 Å². The normalized spacial score (nSPS) is 45.7. The van der Waals surface area contributed by atoms with Crippen LogP contribution in [0.2, 0.25) is 0 Å². The summed E-state index contributed by atoms with van der Waals surface area (Å²) in [7, 11) is 0. The van der Waals surface area contributed by atoms with Crippen LogP contribution in [0.5, 0.6) is 0 Å². The van der Waals surface area contributed by atoms with Crippen LogP contribution < -0.4 is 0 Å². The van der Waals surface area contributed by atoms with Gasteiger partial charge in [-0.3, -0.25) is 4.79 Å². The van der Waals surface area contributed by atoms with Gasteiger partial charge in [0.05, 0.1) is 0 Å². The smallest absolute Gasteiger partial charge is 0.136 e. The molecule has 0 N–H and O–H groups in total. The minimum absolute atomic E-state index is 0.342. The first-order chi connectivity index (χ1) is 7.06. The average molecular weight is 206 g/mol.